The minimum atomic E-state index is -5.02. The second-order valence-electron chi connectivity index (χ2n) is 8.68. The molecule has 0 saturated heterocycles. The van der Waals surface area contributed by atoms with E-state index in [1.165, 1.54) is 42.6 Å². The first-order valence-corrected chi connectivity index (χ1v) is 12.1. The summed E-state index contributed by atoms with van der Waals surface area (Å²) in [4.78, 5) is 33.4. The highest BCUT2D eigenvalue weighted by molar-refractivity contribution is 6.30. The van der Waals surface area contributed by atoms with Gasteiger partial charge in [-0.25, -0.2) is 24.1 Å². The summed E-state index contributed by atoms with van der Waals surface area (Å²) in [5.74, 6) is -1.35. The van der Waals surface area contributed by atoms with Gasteiger partial charge in [-0.05, 0) is 36.4 Å². The fourth-order valence-electron chi connectivity index (χ4n) is 3.56. The van der Waals surface area contributed by atoms with Gasteiger partial charge in [-0.15, -0.1) is 10.2 Å². The Morgan fingerprint density at radius 1 is 0.976 bits per heavy atom. The van der Waals surface area contributed by atoms with Crippen LogP contribution in [0.1, 0.15) is 16.3 Å². The van der Waals surface area contributed by atoms with Crippen LogP contribution >= 0.6 is 11.6 Å². The normalized spacial score (nSPS) is 13.6. The standard InChI is InChI=1S/C23H19ClF6N8O4/c24-13-5-3-12(4-6-13)19-35-37(21(42)36(19)9-16(40)23(28,29)30)10-17-33-11-38(34-17)14-2-1-7-31-18(14)20(41)32-8-15(39)22(25,26)27/h1-7,11,15-16,39-40H,8-10H2,(H,32,41)/t15?,16-/m0/s1. The number of aliphatic hydroxyl groups excluding tert-OH is 2. The quantitative estimate of drug-likeness (QED) is 0.240. The zero-order valence-corrected chi connectivity index (χ0v) is 21.6. The monoisotopic (exact) mass is 620 g/mol. The van der Waals surface area contributed by atoms with Crippen molar-refractivity contribution < 1.29 is 41.4 Å². The number of nitrogens with one attached hydrogen (secondary N) is 1. The lowest BCUT2D eigenvalue weighted by Crippen LogP contribution is -2.41. The Morgan fingerprint density at radius 2 is 1.64 bits per heavy atom. The third-order valence-electron chi connectivity index (χ3n) is 5.67. The third-order valence-corrected chi connectivity index (χ3v) is 5.92. The van der Waals surface area contributed by atoms with Gasteiger partial charge in [-0.2, -0.15) is 26.3 Å². The van der Waals surface area contributed by atoms with Gasteiger partial charge in [0.15, 0.2) is 29.6 Å². The van der Waals surface area contributed by atoms with Crippen LogP contribution in [0, 0.1) is 0 Å². The second-order valence-corrected chi connectivity index (χ2v) is 9.12. The molecule has 0 aliphatic rings. The maximum Gasteiger partial charge on any atom is 0.416 e. The predicted molar refractivity (Wildman–Crippen MR) is 132 cm³/mol. The number of nitrogens with zero attached hydrogens (tertiary/aromatic N) is 7. The molecule has 19 heteroatoms. The number of rotatable bonds is 9. The molecule has 2 atom stereocenters. The van der Waals surface area contributed by atoms with Crippen molar-refractivity contribution in [3.05, 3.63) is 75.9 Å². The molecule has 3 heterocycles. The van der Waals surface area contributed by atoms with Crippen molar-refractivity contribution in [3.63, 3.8) is 0 Å². The lowest BCUT2D eigenvalue weighted by atomic mass is 10.2. The van der Waals surface area contributed by atoms with Crippen molar-refractivity contribution >= 4 is 17.5 Å². The van der Waals surface area contributed by atoms with Crippen molar-refractivity contribution in [2.75, 3.05) is 6.54 Å². The van der Waals surface area contributed by atoms with Crippen LogP contribution in [0.5, 0.6) is 0 Å². The molecule has 42 heavy (non-hydrogen) atoms. The topological polar surface area (TPSA) is 153 Å². The highest BCUT2D eigenvalue weighted by Gasteiger charge is 2.40. The Kier molecular flexibility index (Phi) is 8.69. The van der Waals surface area contributed by atoms with E-state index < -0.39 is 55.8 Å². The van der Waals surface area contributed by atoms with Crippen molar-refractivity contribution in [2.24, 2.45) is 0 Å². The summed E-state index contributed by atoms with van der Waals surface area (Å²) < 4.78 is 79.4. The van der Waals surface area contributed by atoms with Gasteiger partial charge in [0.25, 0.3) is 5.91 Å². The first-order chi connectivity index (χ1) is 19.6. The zero-order chi connectivity index (χ0) is 30.8. The lowest BCUT2D eigenvalue weighted by Gasteiger charge is -2.15. The molecule has 4 aromatic rings. The molecule has 0 spiro atoms. The summed E-state index contributed by atoms with van der Waals surface area (Å²) in [5.41, 5.74) is -1.19. The molecular formula is C23H19ClF6N8O4. The van der Waals surface area contributed by atoms with E-state index in [0.29, 0.717) is 9.59 Å². The van der Waals surface area contributed by atoms with E-state index in [0.717, 1.165) is 15.7 Å². The van der Waals surface area contributed by atoms with Gasteiger partial charge in [0.2, 0.25) is 0 Å². The number of carbonyl (C=O) groups excluding carboxylic acids is 1. The molecule has 224 valence electrons. The van der Waals surface area contributed by atoms with Crippen LogP contribution in [0.4, 0.5) is 26.3 Å². The highest BCUT2D eigenvalue weighted by atomic mass is 35.5. The average Bonchev–Trinajstić information content (AvgIpc) is 3.51. The Morgan fingerprint density at radius 3 is 2.29 bits per heavy atom. The minimum Gasteiger partial charge on any atom is -0.382 e. The summed E-state index contributed by atoms with van der Waals surface area (Å²) in [6, 6.07) is 8.44. The third kappa shape index (κ3) is 6.94. The average molecular weight is 621 g/mol. The number of carbonyl (C=O) groups is 1. The second kappa shape index (κ2) is 11.9. The maximum absolute atomic E-state index is 13.1. The van der Waals surface area contributed by atoms with Gasteiger partial charge in [0.05, 0.1) is 18.8 Å². The number of hydrogen-bond acceptors (Lipinski definition) is 8. The molecule has 0 bridgehead atoms. The summed E-state index contributed by atoms with van der Waals surface area (Å²) in [6.07, 6.45) is -13.4. The summed E-state index contributed by atoms with van der Waals surface area (Å²) in [6.45, 7) is -2.74. The summed E-state index contributed by atoms with van der Waals surface area (Å²) >= 11 is 5.87. The molecule has 3 aromatic heterocycles. The Balaban J connectivity index is 1.62. The molecule has 4 rings (SSSR count). The maximum atomic E-state index is 13.1. The summed E-state index contributed by atoms with van der Waals surface area (Å²) in [7, 11) is 0. The fourth-order valence-corrected chi connectivity index (χ4v) is 3.69. The first kappa shape index (κ1) is 30.7. The van der Waals surface area contributed by atoms with Crippen molar-refractivity contribution in [1.29, 1.82) is 0 Å². The Hall–Kier alpha value is -4.29. The SMILES string of the molecule is O=C(NCC(O)C(F)(F)F)c1ncccc1-n1cnc(Cn2nc(-c3ccc(Cl)cc3)n(C[C@H](O)C(F)(F)F)c2=O)n1. The van der Waals surface area contributed by atoms with Crippen molar-refractivity contribution in [2.45, 2.75) is 37.7 Å². The van der Waals surface area contributed by atoms with Crippen LogP contribution in [-0.4, -0.2) is 81.3 Å². The fraction of sp³-hybridized carbons (Fsp3) is 0.304. The van der Waals surface area contributed by atoms with E-state index in [9.17, 15) is 41.0 Å². The number of aliphatic hydroxyl groups is 2. The van der Waals surface area contributed by atoms with Gasteiger partial charge in [0.1, 0.15) is 12.9 Å². The van der Waals surface area contributed by atoms with Crippen LogP contribution in [-0.2, 0) is 13.1 Å². The van der Waals surface area contributed by atoms with Gasteiger partial charge in [-0.3, -0.25) is 9.36 Å². The van der Waals surface area contributed by atoms with E-state index in [1.54, 1.807) is 0 Å². The smallest absolute Gasteiger partial charge is 0.382 e. The molecule has 1 amide bonds. The number of benzene rings is 1. The molecule has 0 saturated carbocycles. The number of amides is 1. The molecule has 3 N–H and O–H groups in total. The van der Waals surface area contributed by atoms with Gasteiger partial charge in [0, 0.05) is 16.8 Å². The van der Waals surface area contributed by atoms with Crippen LogP contribution in [0.2, 0.25) is 5.02 Å². The van der Waals surface area contributed by atoms with Crippen molar-refractivity contribution in [3.8, 4) is 17.1 Å². The lowest BCUT2D eigenvalue weighted by molar-refractivity contribution is -0.207. The number of aromatic nitrogens is 7. The van der Waals surface area contributed by atoms with Gasteiger partial charge in [-0.1, -0.05) is 11.6 Å². The largest absolute Gasteiger partial charge is 0.416 e. The number of pyridine rings is 1. The Bertz CT molecular complexity index is 1620. The number of halogens is 7. The van der Waals surface area contributed by atoms with E-state index in [2.05, 4.69) is 20.2 Å². The van der Waals surface area contributed by atoms with E-state index in [4.69, 9.17) is 16.7 Å². The molecule has 0 radical (unpaired) electrons. The molecule has 1 aromatic carbocycles. The summed E-state index contributed by atoms with van der Waals surface area (Å²) in [5, 5.41) is 29.2. The van der Waals surface area contributed by atoms with Crippen LogP contribution in [0.15, 0.2) is 53.7 Å². The molecular weight excluding hydrogens is 602 g/mol. The number of alkyl halides is 6. The molecule has 0 fully saturated rings. The van der Waals surface area contributed by atoms with E-state index in [1.807, 2.05) is 5.32 Å². The molecule has 0 aliphatic heterocycles. The predicted octanol–water partition coefficient (Wildman–Crippen LogP) is 1.97. The van der Waals surface area contributed by atoms with Crippen LogP contribution in [0.3, 0.4) is 0 Å². The van der Waals surface area contributed by atoms with Gasteiger partial charge < -0.3 is 15.5 Å². The Labute approximate surface area is 235 Å². The van der Waals surface area contributed by atoms with Crippen molar-refractivity contribution in [1.82, 2.24) is 39.4 Å². The van der Waals surface area contributed by atoms with E-state index >= 15 is 0 Å². The van der Waals surface area contributed by atoms with Crippen LogP contribution < -0.4 is 11.0 Å². The van der Waals surface area contributed by atoms with Gasteiger partial charge >= 0.3 is 18.0 Å². The molecule has 0 aliphatic carbocycles. The molecule has 12 nitrogen and oxygen atoms in total. The van der Waals surface area contributed by atoms with Crippen LogP contribution in [0.25, 0.3) is 17.1 Å². The highest BCUT2D eigenvalue weighted by Crippen LogP contribution is 2.24. The first-order valence-electron chi connectivity index (χ1n) is 11.7. The molecule has 1 unspecified atom stereocenters. The zero-order valence-electron chi connectivity index (χ0n) is 20.9. The minimum absolute atomic E-state index is 0.0247. The number of hydrogen-bond donors (Lipinski definition) is 3. The van der Waals surface area contributed by atoms with E-state index in [-0.39, 0.29) is 28.6 Å².